The summed E-state index contributed by atoms with van der Waals surface area (Å²) in [5, 5.41) is 0. The van der Waals surface area contributed by atoms with Crippen LogP contribution in [0.3, 0.4) is 0 Å². The van der Waals surface area contributed by atoms with E-state index in [2.05, 4.69) is 31.2 Å². The van der Waals surface area contributed by atoms with Crippen molar-refractivity contribution in [2.24, 2.45) is 5.73 Å². The van der Waals surface area contributed by atoms with Crippen LogP contribution in [0.2, 0.25) is 0 Å². The predicted octanol–water partition coefficient (Wildman–Crippen LogP) is 4.02. The Morgan fingerprint density at radius 3 is 2.11 bits per heavy atom. The first kappa shape index (κ1) is 13.8. The van der Waals surface area contributed by atoms with E-state index in [1.807, 2.05) is 0 Å². The molecule has 19 heavy (non-hydrogen) atoms. The topological polar surface area (TPSA) is 26.0 Å². The highest BCUT2D eigenvalue weighted by atomic mass is 19.1. The van der Waals surface area contributed by atoms with Crippen LogP contribution in [0.1, 0.15) is 36.1 Å². The minimum atomic E-state index is -0.207. The molecule has 1 nitrogen and oxygen atoms in total. The summed E-state index contributed by atoms with van der Waals surface area (Å²) in [7, 11) is 0. The van der Waals surface area contributed by atoms with Gasteiger partial charge in [0, 0.05) is 6.04 Å². The molecule has 2 aromatic carbocycles. The summed E-state index contributed by atoms with van der Waals surface area (Å²) in [6.07, 6.45) is 2.99. The van der Waals surface area contributed by atoms with Crippen LogP contribution in [0.15, 0.2) is 48.5 Å². The fourth-order valence-corrected chi connectivity index (χ4v) is 2.21. The predicted molar refractivity (Wildman–Crippen MR) is 77.5 cm³/mol. The van der Waals surface area contributed by atoms with E-state index in [0.29, 0.717) is 0 Å². The molecule has 0 saturated heterocycles. The van der Waals surface area contributed by atoms with Gasteiger partial charge in [0.05, 0.1) is 0 Å². The van der Waals surface area contributed by atoms with Crippen LogP contribution >= 0.6 is 0 Å². The third-order valence-corrected chi connectivity index (χ3v) is 3.32. The zero-order valence-electron chi connectivity index (χ0n) is 11.3. The maximum absolute atomic E-state index is 12.8. The number of benzene rings is 2. The van der Waals surface area contributed by atoms with Crippen molar-refractivity contribution in [3.8, 4) is 0 Å². The Morgan fingerprint density at radius 1 is 0.947 bits per heavy atom. The van der Waals surface area contributed by atoms with Crippen LogP contribution in [-0.4, -0.2) is 0 Å². The third-order valence-electron chi connectivity index (χ3n) is 3.32. The van der Waals surface area contributed by atoms with Crippen molar-refractivity contribution < 1.29 is 4.39 Å². The molecule has 0 aliphatic heterocycles. The molecule has 0 bridgehead atoms. The normalized spacial score (nSPS) is 12.4. The Balaban J connectivity index is 2.02. The summed E-state index contributed by atoms with van der Waals surface area (Å²) in [4.78, 5) is 0. The maximum atomic E-state index is 12.8. The number of hydrogen-bond acceptors (Lipinski definition) is 1. The molecular formula is C17H20FN. The van der Waals surface area contributed by atoms with Gasteiger partial charge in [-0.2, -0.15) is 0 Å². The first-order valence-electron chi connectivity index (χ1n) is 6.78. The number of nitrogens with two attached hydrogens (primary N) is 1. The summed E-state index contributed by atoms with van der Waals surface area (Å²) in [6.45, 7) is 2.17. The fraction of sp³-hybridized carbons (Fsp3) is 0.294. The third kappa shape index (κ3) is 3.90. The van der Waals surface area contributed by atoms with Crippen molar-refractivity contribution >= 4 is 0 Å². The fourth-order valence-electron chi connectivity index (χ4n) is 2.21. The Morgan fingerprint density at radius 2 is 1.53 bits per heavy atom. The van der Waals surface area contributed by atoms with E-state index >= 15 is 0 Å². The molecule has 1 atom stereocenters. The quantitative estimate of drug-likeness (QED) is 0.860. The molecule has 2 rings (SSSR count). The lowest BCUT2D eigenvalue weighted by atomic mass is 9.98. The van der Waals surface area contributed by atoms with E-state index in [1.165, 1.54) is 17.7 Å². The van der Waals surface area contributed by atoms with Gasteiger partial charge in [-0.05, 0) is 41.7 Å². The summed E-state index contributed by atoms with van der Waals surface area (Å²) in [5.41, 5.74) is 9.73. The van der Waals surface area contributed by atoms with Crippen LogP contribution in [0.5, 0.6) is 0 Å². The molecule has 2 heteroatoms. The van der Waals surface area contributed by atoms with Gasteiger partial charge in [-0.1, -0.05) is 49.7 Å². The molecule has 2 aromatic rings. The van der Waals surface area contributed by atoms with Gasteiger partial charge in [0.1, 0.15) is 5.82 Å². The number of rotatable bonds is 5. The summed E-state index contributed by atoms with van der Waals surface area (Å²) in [5.74, 6) is -0.207. The second-order valence-corrected chi connectivity index (χ2v) is 4.93. The highest BCUT2D eigenvalue weighted by molar-refractivity contribution is 5.27. The smallest absolute Gasteiger partial charge is 0.123 e. The molecule has 0 spiro atoms. The Bertz CT molecular complexity index is 502. The van der Waals surface area contributed by atoms with Gasteiger partial charge in [-0.15, -0.1) is 0 Å². The highest BCUT2D eigenvalue weighted by Crippen LogP contribution is 2.17. The Hall–Kier alpha value is -1.67. The van der Waals surface area contributed by atoms with Crippen molar-refractivity contribution in [3.63, 3.8) is 0 Å². The molecule has 0 amide bonds. The number of hydrogen-bond donors (Lipinski definition) is 1. The standard InChI is InChI=1S/C17H20FN/c1-2-3-13-4-8-15(9-5-13)17(19)12-14-6-10-16(18)11-7-14/h4-11,17H,2-3,12,19H2,1H3. The Labute approximate surface area is 114 Å². The van der Waals surface area contributed by atoms with Crippen molar-refractivity contribution in [1.29, 1.82) is 0 Å². The molecular weight excluding hydrogens is 237 g/mol. The first-order valence-corrected chi connectivity index (χ1v) is 6.78. The molecule has 2 N–H and O–H groups in total. The van der Waals surface area contributed by atoms with Crippen molar-refractivity contribution in [2.45, 2.75) is 32.2 Å². The minimum absolute atomic E-state index is 0.0406. The lowest BCUT2D eigenvalue weighted by molar-refractivity contribution is 0.625. The van der Waals surface area contributed by atoms with Gasteiger partial charge in [-0.3, -0.25) is 0 Å². The van der Waals surface area contributed by atoms with Crippen LogP contribution in [0.25, 0.3) is 0 Å². The van der Waals surface area contributed by atoms with E-state index in [9.17, 15) is 4.39 Å². The molecule has 0 saturated carbocycles. The van der Waals surface area contributed by atoms with Crippen LogP contribution in [-0.2, 0) is 12.8 Å². The SMILES string of the molecule is CCCc1ccc(C(N)Cc2ccc(F)cc2)cc1. The van der Waals surface area contributed by atoms with E-state index in [0.717, 1.165) is 30.4 Å². The van der Waals surface area contributed by atoms with Crippen LogP contribution in [0.4, 0.5) is 4.39 Å². The van der Waals surface area contributed by atoms with Crippen LogP contribution < -0.4 is 5.73 Å². The second-order valence-electron chi connectivity index (χ2n) is 4.93. The van der Waals surface area contributed by atoms with E-state index < -0.39 is 0 Å². The summed E-state index contributed by atoms with van der Waals surface area (Å²) in [6, 6.07) is 15.0. The van der Waals surface area contributed by atoms with Crippen molar-refractivity contribution in [1.82, 2.24) is 0 Å². The average Bonchev–Trinajstić information content (AvgIpc) is 2.42. The number of halogens is 1. The minimum Gasteiger partial charge on any atom is -0.324 e. The second kappa shape index (κ2) is 6.48. The van der Waals surface area contributed by atoms with E-state index in [4.69, 9.17) is 5.73 Å². The van der Waals surface area contributed by atoms with E-state index in [1.54, 1.807) is 12.1 Å². The average molecular weight is 257 g/mol. The van der Waals surface area contributed by atoms with Gasteiger partial charge < -0.3 is 5.73 Å². The lowest BCUT2D eigenvalue weighted by Gasteiger charge is -2.13. The van der Waals surface area contributed by atoms with E-state index in [-0.39, 0.29) is 11.9 Å². The van der Waals surface area contributed by atoms with Crippen molar-refractivity contribution in [3.05, 3.63) is 71.0 Å². The molecule has 0 fully saturated rings. The zero-order chi connectivity index (χ0) is 13.7. The maximum Gasteiger partial charge on any atom is 0.123 e. The van der Waals surface area contributed by atoms with Gasteiger partial charge in [0.25, 0.3) is 0 Å². The molecule has 0 aliphatic rings. The van der Waals surface area contributed by atoms with Gasteiger partial charge >= 0.3 is 0 Å². The molecule has 100 valence electrons. The Kier molecular flexibility index (Phi) is 4.69. The molecule has 0 aliphatic carbocycles. The highest BCUT2D eigenvalue weighted by Gasteiger charge is 2.07. The summed E-state index contributed by atoms with van der Waals surface area (Å²) >= 11 is 0. The molecule has 1 unspecified atom stereocenters. The molecule has 0 aromatic heterocycles. The summed E-state index contributed by atoms with van der Waals surface area (Å²) < 4.78 is 12.8. The molecule has 0 radical (unpaired) electrons. The number of aryl methyl sites for hydroxylation is 1. The van der Waals surface area contributed by atoms with Crippen molar-refractivity contribution in [2.75, 3.05) is 0 Å². The zero-order valence-corrected chi connectivity index (χ0v) is 11.3. The van der Waals surface area contributed by atoms with Crippen LogP contribution in [0, 0.1) is 5.82 Å². The van der Waals surface area contributed by atoms with Gasteiger partial charge in [0.15, 0.2) is 0 Å². The first-order chi connectivity index (χ1) is 9.19. The monoisotopic (exact) mass is 257 g/mol. The lowest BCUT2D eigenvalue weighted by Crippen LogP contribution is -2.13. The molecule has 0 heterocycles. The largest absolute Gasteiger partial charge is 0.324 e. The van der Waals surface area contributed by atoms with Gasteiger partial charge in [0.2, 0.25) is 0 Å². The van der Waals surface area contributed by atoms with Gasteiger partial charge in [-0.25, -0.2) is 4.39 Å².